The fraction of sp³-hybridized carbons (Fsp3) is 0.941. The van der Waals surface area contributed by atoms with Gasteiger partial charge in [-0.2, -0.15) is 0 Å². The van der Waals surface area contributed by atoms with Gasteiger partial charge in [0.15, 0.2) is 12.6 Å². The lowest BCUT2D eigenvalue weighted by atomic mass is 9.98. The van der Waals surface area contributed by atoms with Crippen LogP contribution in [-0.2, 0) is 33.2 Å². The van der Waals surface area contributed by atoms with E-state index < -0.39 is 80.7 Å². The molecule has 14 nitrogen and oxygen atoms in total. The molecule has 384 valence electrons. The number of hydrogen-bond acceptors (Lipinski definition) is 14. The molecule has 14 heteroatoms. The number of hydrogen-bond donors (Lipinski definition) is 7. The molecule has 2 aliphatic heterocycles. The Morgan fingerprint density at radius 3 is 1.40 bits per heavy atom. The molecule has 0 aromatic carbocycles. The van der Waals surface area contributed by atoms with E-state index in [1.54, 1.807) is 0 Å². The predicted molar refractivity (Wildman–Crippen MR) is 252 cm³/mol. The normalized spacial score (nSPS) is 26.5. The van der Waals surface area contributed by atoms with Gasteiger partial charge in [-0.15, -0.1) is 0 Å². The Labute approximate surface area is 393 Å². The third kappa shape index (κ3) is 27.5. The molecule has 0 radical (unpaired) electrons. The van der Waals surface area contributed by atoms with Crippen molar-refractivity contribution in [1.82, 2.24) is 0 Å². The standard InChI is InChI=1S/C51H96O14/c1-3-5-7-9-11-12-13-14-15-16-17-18-19-20-21-22-23-24-25-26-27-29-31-33-35-60-37-40(63-43(53)34-32-30-28-10-8-6-4-2)38-61-50-49(59)47(57)45(55)42(65-50)39-62-51-48(58)46(56)44(54)41(36-52)64-51/h16-17,40-42,44-52,54-59H,3-15,18-39H2,1-2H3/b17-16-. The lowest BCUT2D eigenvalue weighted by Crippen LogP contribution is -2.61. The Kier molecular flexibility index (Phi) is 36.4. The molecule has 0 aromatic heterocycles. The van der Waals surface area contributed by atoms with Crippen molar-refractivity contribution in [3.63, 3.8) is 0 Å². The summed E-state index contributed by atoms with van der Waals surface area (Å²) < 4.78 is 34.2. The molecule has 11 atom stereocenters. The quantitative estimate of drug-likeness (QED) is 0.0176. The number of unbranched alkanes of at least 4 members (excludes halogenated alkanes) is 26. The monoisotopic (exact) mass is 933 g/mol. The Balaban J connectivity index is 1.64. The van der Waals surface area contributed by atoms with Crippen LogP contribution in [0.3, 0.4) is 0 Å². The third-order valence-electron chi connectivity index (χ3n) is 12.8. The van der Waals surface area contributed by atoms with Gasteiger partial charge in [-0.05, 0) is 38.5 Å². The molecule has 0 spiro atoms. The van der Waals surface area contributed by atoms with E-state index in [1.165, 1.54) is 141 Å². The van der Waals surface area contributed by atoms with Crippen LogP contribution in [0.4, 0.5) is 0 Å². The van der Waals surface area contributed by atoms with Gasteiger partial charge in [0.2, 0.25) is 0 Å². The van der Waals surface area contributed by atoms with Gasteiger partial charge in [0.1, 0.15) is 54.9 Å². The lowest BCUT2D eigenvalue weighted by molar-refractivity contribution is -0.332. The molecular formula is C51H96O14. The molecule has 2 rings (SSSR count). The zero-order valence-electron chi connectivity index (χ0n) is 40.7. The highest BCUT2D eigenvalue weighted by molar-refractivity contribution is 5.69. The molecule has 0 saturated carbocycles. The lowest BCUT2D eigenvalue weighted by Gasteiger charge is -2.42. The first-order chi connectivity index (χ1) is 31.6. The Bertz CT molecular complexity index is 1130. The molecule has 2 saturated heterocycles. The Hall–Kier alpha value is -1.27. The third-order valence-corrected chi connectivity index (χ3v) is 12.8. The number of aliphatic hydroxyl groups excluding tert-OH is 7. The highest BCUT2D eigenvalue weighted by Gasteiger charge is 2.47. The van der Waals surface area contributed by atoms with Crippen LogP contribution in [0.1, 0.15) is 206 Å². The molecule has 2 fully saturated rings. The fourth-order valence-electron chi connectivity index (χ4n) is 8.46. The van der Waals surface area contributed by atoms with Crippen molar-refractivity contribution in [2.75, 3.05) is 33.0 Å². The molecule has 65 heavy (non-hydrogen) atoms. The topological polar surface area (TPSA) is 214 Å². The van der Waals surface area contributed by atoms with Crippen LogP contribution >= 0.6 is 0 Å². The summed E-state index contributed by atoms with van der Waals surface area (Å²) >= 11 is 0. The number of carbonyl (C=O) groups excluding carboxylic acids is 1. The summed E-state index contributed by atoms with van der Waals surface area (Å²) in [4.78, 5) is 12.9. The summed E-state index contributed by atoms with van der Waals surface area (Å²) in [6, 6.07) is 0. The number of rotatable bonds is 42. The van der Waals surface area contributed by atoms with Crippen molar-refractivity contribution in [2.24, 2.45) is 0 Å². The zero-order chi connectivity index (χ0) is 47.3. The first kappa shape index (κ1) is 59.9. The second-order valence-corrected chi connectivity index (χ2v) is 18.7. The number of ether oxygens (including phenoxy) is 6. The van der Waals surface area contributed by atoms with E-state index in [4.69, 9.17) is 28.4 Å². The van der Waals surface area contributed by atoms with Crippen molar-refractivity contribution >= 4 is 5.97 Å². The minimum Gasteiger partial charge on any atom is -0.457 e. The van der Waals surface area contributed by atoms with Crippen LogP contribution in [0.25, 0.3) is 0 Å². The zero-order valence-corrected chi connectivity index (χ0v) is 40.7. The highest BCUT2D eigenvalue weighted by Crippen LogP contribution is 2.26. The van der Waals surface area contributed by atoms with Crippen LogP contribution in [-0.4, -0.2) is 142 Å². The molecule has 11 unspecified atom stereocenters. The van der Waals surface area contributed by atoms with Crippen molar-refractivity contribution in [1.29, 1.82) is 0 Å². The van der Waals surface area contributed by atoms with Crippen molar-refractivity contribution in [2.45, 2.75) is 274 Å². The van der Waals surface area contributed by atoms with E-state index >= 15 is 0 Å². The fourth-order valence-corrected chi connectivity index (χ4v) is 8.46. The maximum atomic E-state index is 12.9. The van der Waals surface area contributed by atoms with E-state index in [1.807, 2.05) is 0 Å². The molecule has 2 aliphatic rings. The smallest absolute Gasteiger partial charge is 0.306 e. The summed E-state index contributed by atoms with van der Waals surface area (Å²) in [7, 11) is 0. The first-order valence-corrected chi connectivity index (χ1v) is 26.3. The maximum absolute atomic E-state index is 12.9. The van der Waals surface area contributed by atoms with Crippen molar-refractivity contribution in [3.8, 4) is 0 Å². The average Bonchev–Trinajstić information content (AvgIpc) is 3.30. The maximum Gasteiger partial charge on any atom is 0.306 e. The van der Waals surface area contributed by atoms with E-state index in [0.717, 1.165) is 38.5 Å². The minimum absolute atomic E-state index is 0.0659. The van der Waals surface area contributed by atoms with Crippen molar-refractivity contribution in [3.05, 3.63) is 12.2 Å². The molecule has 7 N–H and O–H groups in total. The van der Waals surface area contributed by atoms with Gasteiger partial charge in [-0.25, -0.2) is 0 Å². The molecular weight excluding hydrogens is 837 g/mol. The van der Waals surface area contributed by atoms with Gasteiger partial charge in [0.05, 0.1) is 26.4 Å². The van der Waals surface area contributed by atoms with Crippen LogP contribution < -0.4 is 0 Å². The van der Waals surface area contributed by atoms with E-state index in [-0.39, 0.29) is 25.6 Å². The largest absolute Gasteiger partial charge is 0.457 e. The minimum atomic E-state index is -1.70. The molecule has 0 aliphatic carbocycles. The van der Waals surface area contributed by atoms with E-state index in [2.05, 4.69) is 26.0 Å². The molecule has 0 aromatic rings. The van der Waals surface area contributed by atoms with Crippen LogP contribution in [0.15, 0.2) is 12.2 Å². The average molecular weight is 933 g/mol. The first-order valence-electron chi connectivity index (χ1n) is 26.3. The number of carbonyl (C=O) groups is 1. The van der Waals surface area contributed by atoms with Crippen molar-refractivity contribution < 1.29 is 69.0 Å². The summed E-state index contributed by atoms with van der Waals surface area (Å²) in [6.45, 7) is 3.66. The molecule has 0 amide bonds. The number of aliphatic hydroxyl groups is 7. The second-order valence-electron chi connectivity index (χ2n) is 18.7. The Morgan fingerprint density at radius 1 is 0.492 bits per heavy atom. The SMILES string of the molecule is CCCCCCCCCC/C=C\CCCCCCCCCCCCCCOCC(COC1OC(COC2OC(CO)C(O)C(O)C2O)C(O)C(O)C1O)OC(=O)CCCCCCCCC. The second kappa shape index (κ2) is 39.6. The number of allylic oxidation sites excluding steroid dienone is 2. The van der Waals surface area contributed by atoms with Crippen LogP contribution in [0.2, 0.25) is 0 Å². The van der Waals surface area contributed by atoms with Gasteiger partial charge in [-0.1, -0.05) is 174 Å². The van der Waals surface area contributed by atoms with Gasteiger partial charge in [-0.3, -0.25) is 4.79 Å². The molecule has 2 heterocycles. The van der Waals surface area contributed by atoms with Crippen LogP contribution in [0, 0.1) is 0 Å². The van der Waals surface area contributed by atoms with Gasteiger partial charge >= 0.3 is 5.97 Å². The molecule has 0 bridgehead atoms. The Morgan fingerprint density at radius 2 is 0.908 bits per heavy atom. The van der Waals surface area contributed by atoms with Gasteiger partial charge in [0, 0.05) is 13.0 Å². The summed E-state index contributed by atoms with van der Waals surface area (Å²) in [5.74, 6) is -0.380. The summed E-state index contributed by atoms with van der Waals surface area (Å²) in [5, 5.41) is 71.9. The van der Waals surface area contributed by atoms with Gasteiger partial charge < -0.3 is 64.2 Å². The predicted octanol–water partition coefficient (Wildman–Crippen LogP) is 7.85. The summed E-state index contributed by atoms with van der Waals surface area (Å²) in [6.07, 6.45) is 24.6. The van der Waals surface area contributed by atoms with Gasteiger partial charge in [0.25, 0.3) is 0 Å². The van der Waals surface area contributed by atoms with E-state index in [9.17, 15) is 40.5 Å². The number of esters is 1. The van der Waals surface area contributed by atoms with Crippen LogP contribution in [0.5, 0.6) is 0 Å². The highest BCUT2D eigenvalue weighted by atomic mass is 16.7. The van der Waals surface area contributed by atoms with E-state index in [0.29, 0.717) is 13.0 Å². The summed E-state index contributed by atoms with van der Waals surface area (Å²) in [5.41, 5.74) is 0.